The minimum absolute atomic E-state index is 0.179. The summed E-state index contributed by atoms with van der Waals surface area (Å²) in [5.74, 6) is -1.35. The molecule has 3 rings (SSSR count). The van der Waals surface area contributed by atoms with Crippen molar-refractivity contribution in [1.82, 2.24) is 0 Å². The first-order valence-electron chi connectivity index (χ1n) is 7.53. The summed E-state index contributed by atoms with van der Waals surface area (Å²) in [4.78, 5) is 37.0. The number of carbonyl (C=O) groups is 3. The Balaban J connectivity index is 1.96. The average molecular weight is 469 g/mol. The molecule has 27 heavy (non-hydrogen) atoms. The van der Waals surface area contributed by atoms with Crippen LogP contribution in [0.4, 0.5) is 10.5 Å². The molecule has 1 heterocycles. The Morgan fingerprint density at radius 3 is 2.70 bits per heavy atom. The number of ether oxygens (including phenoxy) is 1. The van der Waals surface area contributed by atoms with Gasteiger partial charge < -0.3 is 9.84 Å². The number of benzene rings is 2. The van der Waals surface area contributed by atoms with E-state index >= 15 is 0 Å². The Morgan fingerprint density at radius 1 is 1.26 bits per heavy atom. The largest absolute Gasteiger partial charge is 0.481 e. The van der Waals surface area contributed by atoms with Gasteiger partial charge in [-0.25, -0.2) is 9.69 Å². The molecule has 2 aromatic carbocycles. The van der Waals surface area contributed by atoms with E-state index < -0.39 is 23.7 Å². The number of carboxylic acid groups (broad SMARTS) is 1. The number of amides is 2. The fourth-order valence-electron chi connectivity index (χ4n) is 2.35. The average Bonchev–Trinajstić information content (AvgIpc) is 2.88. The number of para-hydroxylation sites is 1. The minimum atomic E-state index is -1.12. The second-order valence-corrected chi connectivity index (χ2v) is 7.65. The summed E-state index contributed by atoms with van der Waals surface area (Å²) in [6, 6.07) is 11.5. The molecule has 0 bridgehead atoms. The number of carbonyl (C=O) groups excluding carboxylic acids is 2. The summed E-state index contributed by atoms with van der Waals surface area (Å²) < 4.78 is 5.96. The molecule has 0 atom stereocenters. The molecule has 0 spiro atoms. The predicted molar refractivity (Wildman–Crippen MR) is 107 cm³/mol. The van der Waals surface area contributed by atoms with Crippen molar-refractivity contribution in [3.63, 3.8) is 0 Å². The fraction of sp³-hybridized carbons (Fsp3) is 0.0556. The van der Waals surface area contributed by atoms with Gasteiger partial charge >= 0.3 is 5.97 Å². The molecular formula is C18H11BrClNO5S. The van der Waals surface area contributed by atoms with E-state index in [1.807, 2.05) is 0 Å². The Morgan fingerprint density at radius 2 is 2.00 bits per heavy atom. The van der Waals surface area contributed by atoms with Gasteiger partial charge in [-0.05, 0) is 48.2 Å². The van der Waals surface area contributed by atoms with Gasteiger partial charge in [0.25, 0.3) is 11.1 Å². The number of halogens is 2. The van der Waals surface area contributed by atoms with Gasteiger partial charge in [0.15, 0.2) is 6.61 Å². The highest BCUT2D eigenvalue weighted by Gasteiger charge is 2.37. The van der Waals surface area contributed by atoms with Gasteiger partial charge in [-0.2, -0.15) is 0 Å². The van der Waals surface area contributed by atoms with Crippen LogP contribution in [-0.2, 0) is 9.59 Å². The standard InChI is InChI=1S/C18H11BrClNO5S/c19-11-5-6-14(26-9-16(22)23)10(7-11)8-15-17(24)21(18(25)27-15)13-4-2-1-3-12(13)20/h1-8H,9H2,(H,22,23)/b15-8-. The number of hydrogen-bond acceptors (Lipinski definition) is 5. The first kappa shape index (κ1) is 19.5. The van der Waals surface area contributed by atoms with Crippen molar-refractivity contribution < 1.29 is 24.2 Å². The number of thioether (sulfide) groups is 1. The number of rotatable bonds is 5. The first-order valence-corrected chi connectivity index (χ1v) is 9.52. The van der Waals surface area contributed by atoms with Crippen LogP contribution in [0.5, 0.6) is 5.75 Å². The van der Waals surface area contributed by atoms with Gasteiger partial charge in [0.05, 0.1) is 15.6 Å². The van der Waals surface area contributed by atoms with E-state index in [0.29, 0.717) is 15.7 Å². The molecule has 0 saturated carbocycles. The number of hydrogen-bond donors (Lipinski definition) is 1. The lowest BCUT2D eigenvalue weighted by atomic mass is 10.2. The molecule has 1 saturated heterocycles. The lowest BCUT2D eigenvalue weighted by molar-refractivity contribution is -0.139. The van der Waals surface area contributed by atoms with E-state index in [2.05, 4.69) is 15.9 Å². The topological polar surface area (TPSA) is 83.9 Å². The summed E-state index contributed by atoms with van der Waals surface area (Å²) in [6.07, 6.45) is 1.49. The molecule has 2 amide bonds. The van der Waals surface area contributed by atoms with Crippen LogP contribution in [0.15, 0.2) is 51.8 Å². The zero-order valence-corrected chi connectivity index (χ0v) is 16.7. The summed E-state index contributed by atoms with van der Waals surface area (Å²) in [6.45, 7) is -0.524. The maximum atomic E-state index is 12.7. The van der Waals surface area contributed by atoms with Crippen LogP contribution in [-0.4, -0.2) is 28.8 Å². The van der Waals surface area contributed by atoms with Crippen LogP contribution < -0.4 is 9.64 Å². The third-order valence-corrected chi connectivity index (χ3v) is 5.18. The smallest absolute Gasteiger partial charge is 0.341 e. The minimum Gasteiger partial charge on any atom is -0.481 e. The van der Waals surface area contributed by atoms with Gasteiger partial charge in [0, 0.05) is 10.0 Å². The molecule has 1 aliphatic heterocycles. The third kappa shape index (κ3) is 4.35. The molecule has 1 aliphatic rings. The maximum Gasteiger partial charge on any atom is 0.341 e. The van der Waals surface area contributed by atoms with Crippen LogP contribution in [0.3, 0.4) is 0 Å². The summed E-state index contributed by atoms with van der Waals surface area (Å²) in [7, 11) is 0. The lowest BCUT2D eigenvalue weighted by Crippen LogP contribution is -2.27. The number of anilines is 1. The van der Waals surface area contributed by atoms with Crippen molar-refractivity contribution in [2.24, 2.45) is 0 Å². The van der Waals surface area contributed by atoms with E-state index in [0.717, 1.165) is 16.7 Å². The van der Waals surface area contributed by atoms with E-state index in [-0.39, 0.29) is 15.7 Å². The fourth-order valence-corrected chi connectivity index (χ4v) is 3.78. The van der Waals surface area contributed by atoms with Gasteiger partial charge in [-0.15, -0.1) is 0 Å². The monoisotopic (exact) mass is 467 g/mol. The Hall–Kier alpha value is -2.29. The molecule has 138 valence electrons. The Bertz CT molecular complexity index is 978. The van der Waals surface area contributed by atoms with E-state index in [1.165, 1.54) is 6.08 Å². The van der Waals surface area contributed by atoms with E-state index in [9.17, 15) is 14.4 Å². The maximum absolute atomic E-state index is 12.7. The molecule has 0 unspecified atom stereocenters. The number of imide groups is 1. The lowest BCUT2D eigenvalue weighted by Gasteiger charge is -2.13. The molecule has 9 heteroatoms. The molecule has 1 fully saturated rings. The van der Waals surface area contributed by atoms with Crippen molar-refractivity contribution in [1.29, 1.82) is 0 Å². The van der Waals surface area contributed by atoms with E-state index in [4.69, 9.17) is 21.4 Å². The van der Waals surface area contributed by atoms with Crippen LogP contribution in [0, 0.1) is 0 Å². The normalized spacial score (nSPS) is 15.5. The Kier molecular flexibility index (Phi) is 5.88. The molecule has 0 aromatic heterocycles. The van der Waals surface area contributed by atoms with Crippen LogP contribution in [0.2, 0.25) is 5.02 Å². The number of nitrogens with zero attached hydrogens (tertiary/aromatic N) is 1. The molecule has 6 nitrogen and oxygen atoms in total. The molecule has 0 aliphatic carbocycles. The summed E-state index contributed by atoms with van der Waals surface area (Å²) in [5, 5.41) is 8.61. The Labute approximate surface area is 171 Å². The van der Waals surface area contributed by atoms with Gasteiger partial charge in [-0.3, -0.25) is 9.59 Å². The summed E-state index contributed by atoms with van der Waals surface area (Å²) in [5.41, 5.74) is 0.775. The second kappa shape index (κ2) is 8.16. The SMILES string of the molecule is O=C(O)COc1ccc(Br)cc1/C=C1\SC(=O)N(c2ccccc2Cl)C1=O. The molecule has 1 N–H and O–H groups in total. The zero-order chi connectivity index (χ0) is 19.6. The summed E-state index contributed by atoms with van der Waals surface area (Å²) >= 11 is 10.2. The van der Waals surface area contributed by atoms with E-state index in [1.54, 1.807) is 42.5 Å². The molecule has 2 aromatic rings. The van der Waals surface area contributed by atoms with Crippen molar-refractivity contribution in [3.05, 3.63) is 62.4 Å². The van der Waals surface area contributed by atoms with Gasteiger partial charge in [-0.1, -0.05) is 39.7 Å². The highest BCUT2D eigenvalue weighted by atomic mass is 79.9. The second-order valence-electron chi connectivity index (χ2n) is 5.33. The number of carboxylic acids is 1. The van der Waals surface area contributed by atoms with Gasteiger partial charge in [0.1, 0.15) is 5.75 Å². The highest BCUT2D eigenvalue weighted by molar-refractivity contribution is 9.10. The zero-order valence-electron chi connectivity index (χ0n) is 13.5. The van der Waals surface area contributed by atoms with Crippen LogP contribution in [0.25, 0.3) is 6.08 Å². The van der Waals surface area contributed by atoms with Gasteiger partial charge in [0.2, 0.25) is 0 Å². The van der Waals surface area contributed by atoms with Crippen molar-refractivity contribution in [3.8, 4) is 5.75 Å². The quantitative estimate of drug-likeness (QED) is 0.634. The van der Waals surface area contributed by atoms with Crippen LogP contribution >= 0.6 is 39.3 Å². The predicted octanol–water partition coefficient (Wildman–Crippen LogP) is 4.81. The van der Waals surface area contributed by atoms with Crippen molar-refractivity contribution >= 4 is 68.2 Å². The first-order chi connectivity index (χ1) is 12.9. The number of aliphatic carboxylic acids is 1. The van der Waals surface area contributed by atoms with Crippen LogP contribution in [0.1, 0.15) is 5.56 Å². The molecular weight excluding hydrogens is 458 g/mol. The third-order valence-electron chi connectivity index (χ3n) is 3.50. The highest BCUT2D eigenvalue weighted by Crippen LogP contribution is 2.39. The molecule has 0 radical (unpaired) electrons. The van der Waals surface area contributed by atoms with Crippen molar-refractivity contribution in [2.75, 3.05) is 11.5 Å². The van der Waals surface area contributed by atoms with Crippen molar-refractivity contribution in [2.45, 2.75) is 0 Å².